The van der Waals surface area contributed by atoms with E-state index in [2.05, 4.69) is 41.7 Å². The zero-order valence-corrected chi connectivity index (χ0v) is 14.7. The van der Waals surface area contributed by atoms with Crippen LogP contribution in [0.1, 0.15) is 49.1 Å². The quantitative estimate of drug-likeness (QED) is 0.843. The minimum Gasteiger partial charge on any atom is -0.353 e. The molecule has 3 N–H and O–H groups in total. The number of benzene rings is 2. The Morgan fingerprint density at radius 3 is 2.20 bits per heavy atom. The molecule has 0 saturated heterocycles. The summed E-state index contributed by atoms with van der Waals surface area (Å²) in [6.45, 7) is 0. The zero-order valence-electron chi connectivity index (χ0n) is 14.7. The minimum absolute atomic E-state index is 0.158. The second-order valence-electron chi connectivity index (χ2n) is 7.18. The van der Waals surface area contributed by atoms with Crippen LogP contribution in [0.2, 0.25) is 0 Å². The monoisotopic (exact) mass is 336 g/mol. The van der Waals surface area contributed by atoms with Gasteiger partial charge in [0.15, 0.2) is 0 Å². The van der Waals surface area contributed by atoms with Gasteiger partial charge in [-0.3, -0.25) is 4.79 Å². The third kappa shape index (κ3) is 5.43. The van der Waals surface area contributed by atoms with Crippen LogP contribution in [0.25, 0.3) is 0 Å². The van der Waals surface area contributed by atoms with Crippen LogP contribution in [0.3, 0.4) is 0 Å². The number of nitrogens with two attached hydrogens (primary N) is 1. The molecule has 1 saturated carbocycles. The van der Waals surface area contributed by atoms with E-state index in [1.165, 1.54) is 11.1 Å². The van der Waals surface area contributed by atoms with E-state index in [0.717, 1.165) is 32.1 Å². The largest absolute Gasteiger partial charge is 0.353 e. The van der Waals surface area contributed by atoms with Gasteiger partial charge in [0.25, 0.3) is 0 Å². The first kappa shape index (κ1) is 17.7. The summed E-state index contributed by atoms with van der Waals surface area (Å²) in [6.07, 6.45) is 5.44. The summed E-state index contributed by atoms with van der Waals surface area (Å²) in [7, 11) is 0. The van der Waals surface area contributed by atoms with E-state index >= 15 is 0 Å². The number of carbonyl (C=O) groups is 1. The number of hydrogen-bond donors (Lipinski definition) is 2. The maximum absolute atomic E-state index is 12.6. The Balaban J connectivity index is 1.64. The molecule has 0 aromatic heterocycles. The third-order valence-electron chi connectivity index (χ3n) is 5.16. The van der Waals surface area contributed by atoms with Crippen LogP contribution >= 0.6 is 0 Å². The molecule has 3 heteroatoms. The molecule has 2 aromatic carbocycles. The fraction of sp³-hybridized carbons (Fsp3) is 0.409. The molecule has 3 nitrogen and oxygen atoms in total. The Hall–Kier alpha value is -2.13. The van der Waals surface area contributed by atoms with Gasteiger partial charge in [0.2, 0.25) is 5.91 Å². The number of carbonyl (C=O) groups excluding carboxylic acids is 1. The molecule has 0 aliphatic heterocycles. The van der Waals surface area contributed by atoms with Crippen LogP contribution in [0, 0.1) is 0 Å². The SMILES string of the molecule is NC1CCC(NC(=O)CC(Cc2ccccc2)c2ccccc2)CC1. The molecule has 0 heterocycles. The van der Waals surface area contributed by atoms with Gasteiger partial charge >= 0.3 is 0 Å². The standard InChI is InChI=1S/C22H28N2O/c23-20-11-13-21(14-12-20)24-22(25)16-19(18-9-5-2-6-10-18)15-17-7-3-1-4-8-17/h1-10,19-21H,11-16,23H2,(H,24,25). The van der Waals surface area contributed by atoms with Gasteiger partial charge in [-0.1, -0.05) is 60.7 Å². The molecule has 25 heavy (non-hydrogen) atoms. The van der Waals surface area contributed by atoms with E-state index in [-0.39, 0.29) is 11.8 Å². The predicted molar refractivity (Wildman–Crippen MR) is 102 cm³/mol. The molecule has 1 amide bonds. The summed E-state index contributed by atoms with van der Waals surface area (Å²) in [4.78, 5) is 12.6. The molecular weight excluding hydrogens is 308 g/mol. The van der Waals surface area contributed by atoms with Crippen molar-refractivity contribution in [2.45, 2.75) is 56.5 Å². The van der Waals surface area contributed by atoms with E-state index in [0.29, 0.717) is 18.5 Å². The Kier molecular flexibility index (Phi) is 6.24. The summed E-state index contributed by atoms with van der Waals surface area (Å²) in [5.74, 6) is 0.361. The maximum Gasteiger partial charge on any atom is 0.220 e. The van der Waals surface area contributed by atoms with Crippen molar-refractivity contribution in [2.75, 3.05) is 0 Å². The molecule has 1 aliphatic rings. The molecule has 2 aromatic rings. The summed E-state index contributed by atoms with van der Waals surface area (Å²) in [5, 5.41) is 3.23. The normalized spacial score (nSPS) is 21.5. The van der Waals surface area contributed by atoms with Crippen LogP contribution in [0.4, 0.5) is 0 Å². The first-order valence-corrected chi connectivity index (χ1v) is 9.34. The van der Waals surface area contributed by atoms with Gasteiger partial charge in [0, 0.05) is 18.5 Å². The Labute approximate surface area is 150 Å². The van der Waals surface area contributed by atoms with Crippen molar-refractivity contribution in [2.24, 2.45) is 5.73 Å². The number of amides is 1. The van der Waals surface area contributed by atoms with E-state index in [4.69, 9.17) is 5.73 Å². The summed E-state index contributed by atoms with van der Waals surface area (Å²) >= 11 is 0. The molecular formula is C22H28N2O. The van der Waals surface area contributed by atoms with Crippen molar-refractivity contribution < 1.29 is 4.79 Å². The van der Waals surface area contributed by atoms with Crippen molar-refractivity contribution in [3.8, 4) is 0 Å². The predicted octanol–water partition coefficient (Wildman–Crippen LogP) is 3.79. The molecule has 132 valence electrons. The van der Waals surface area contributed by atoms with E-state index in [1.807, 2.05) is 24.3 Å². The zero-order chi connectivity index (χ0) is 17.5. The van der Waals surface area contributed by atoms with Gasteiger partial charge in [0.1, 0.15) is 0 Å². The average molecular weight is 336 g/mol. The van der Waals surface area contributed by atoms with Gasteiger partial charge in [-0.05, 0) is 49.1 Å². The van der Waals surface area contributed by atoms with Crippen molar-refractivity contribution in [3.63, 3.8) is 0 Å². The highest BCUT2D eigenvalue weighted by molar-refractivity contribution is 5.77. The average Bonchev–Trinajstić information content (AvgIpc) is 2.65. The lowest BCUT2D eigenvalue weighted by atomic mass is 9.88. The van der Waals surface area contributed by atoms with Gasteiger partial charge < -0.3 is 11.1 Å². The number of rotatable bonds is 6. The van der Waals surface area contributed by atoms with Gasteiger partial charge in [-0.15, -0.1) is 0 Å². The van der Waals surface area contributed by atoms with Crippen LogP contribution in [-0.4, -0.2) is 18.0 Å². The van der Waals surface area contributed by atoms with Crippen LogP contribution < -0.4 is 11.1 Å². The van der Waals surface area contributed by atoms with Gasteiger partial charge in [-0.25, -0.2) is 0 Å². The summed E-state index contributed by atoms with van der Waals surface area (Å²) < 4.78 is 0. The fourth-order valence-electron chi connectivity index (χ4n) is 3.71. The molecule has 0 bridgehead atoms. The molecule has 1 fully saturated rings. The second kappa shape index (κ2) is 8.82. The highest BCUT2D eigenvalue weighted by Gasteiger charge is 2.22. The lowest BCUT2D eigenvalue weighted by Gasteiger charge is -2.27. The Morgan fingerprint density at radius 1 is 0.960 bits per heavy atom. The van der Waals surface area contributed by atoms with Crippen molar-refractivity contribution in [1.29, 1.82) is 0 Å². The highest BCUT2D eigenvalue weighted by atomic mass is 16.1. The highest BCUT2D eigenvalue weighted by Crippen LogP contribution is 2.25. The number of nitrogens with one attached hydrogen (secondary N) is 1. The van der Waals surface area contributed by atoms with E-state index in [1.54, 1.807) is 0 Å². The lowest BCUT2D eigenvalue weighted by molar-refractivity contribution is -0.122. The van der Waals surface area contributed by atoms with Gasteiger partial charge in [-0.2, -0.15) is 0 Å². The third-order valence-corrected chi connectivity index (χ3v) is 5.16. The molecule has 1 unspecified atom stereocenters. The van der Waals surface area contributed by atoms with Crippen LogP contribution in [0.5, 0.6) is 0 Å². The Morgan fingerprint density at radius 2 is 1.56 bits per heavy atom. The molecule has 3 rings (SSSR count). The van der Waals surface area contributed by atoms with Crippen molar-refractivity contribution >= 4 is 5.91 Å². The van der Waals surface area contributed by atoms with Crippen molar-refractivity contribution in [3.05, 3.63) is 71.8 Å². The maximum atomic E-state index is 12.6. The number of hydrogen-bond acceptors (Lipinski definition) is 2. The van der Waals surface area contributed by atoms with E-state index in [9.17, 15) is 4.79 Å². The molecule has 0 radical (unpaired) electrons. The fourth-order valence-corrected chi connectivity index (χ4v) is 3.71. The first-order chi connectivity index (χ1) is 12.2. The molecule has 1 atom stereocenters. The summed E-state index contributed by atoms with van der Waals surface area (Å²) in [5.41, 5.74) is 8.46. The first-order valence-electron chi connectivity index (χ1n) is 9.34. The van der Waals surface area contributed by atoms with E-state index < -0.39 is 0 Å². The molecule has 0 spiro atoms. The minimum atomic E-state index is 0.158. The molecule has 1 aliphatic carbocycles. The van der Waals surface area contributed by atoms with Crippen LogP contribution in [-0.2, 0) is 11.2 Å². The van der Waals surface area contributed by atoms with Crippen molar-refractivity contribution in [1.82, 2.24) is 5.32 Å². The topological polar surface area (TPSA) is 55.1 Å². The van der Waals surface area contributed by atoms with Gasteiger partial charge in [0.05, 0.1) is 0 Å². The van der Waals surface area contributed by atoms with Crippen LogP contribution in [0.15, 0.2) is 60.7 Å². The Bertz CT molecular complexity index is 648. The lowest BCUT2D eigenvalue weighted by Crippen LogP contribution is -2.40. The summed E-state index contributed by atoms with van der Waals surface area (Å²) in [6, 6.07) is 21.4. The smallest absolute Gasteiger partial charge is 0.220 e. The second-order valence-corrected chi connectivity index (χ2v) is 7.18.